The van der Waals surface area contributed by atoms with Gasteiger partial charge in [0.1, 0.15) is 6.04 Å². The van der Waals surface area contributed by atoms with E-state index in [2.05, 4.69) is 10.3 Å². The van der Waals surface area contributed by atoms with Crippen LogP contribution in [-0.2, 0) is 9.53 Å². The first kappa shape index (κ1) is 9.61. The van der Waals surface area contributed by atoms with Crippen LogP contribution in [0.2, 0.25) is 0 Å². The topological polar surface area (TPSA) is 51.2 Å². The summed E-state index contributed by atoms with van der Waals surface area (Å²) in [6.45, 7) is 0. The van der Waals surface area contributed by atoms with Crippen molar-refractivity contribution in [1.82, 2.24) is 10.3 Å². The molecule has 0 amide bonds. The monoisotopic (exact) mass is 212 g/mol. The Morgan fingerprint density at radius 3 is 3.07 bits per heavy atom. The number of rotatable bonds is 4. The van der Waals surface area contributed by atoms with Crippen LogP contribution in [0.4, 0.5) is 0 Å². The fourth-order valence-corrected chi connectivity index (χ4v) is 1.82. The first-order valence-corrected chi connectivity index (χ1v) is 5.47. The molecule has 5 heteroatoms. The van der Waals surface area contributed by atoms with E-state index in [-0.39, 0.29) is 5.97 Å². The van der Waals surface area contributed by atoms with Gasteiger partial charge in [-0.25, -0.2) is 9.78 Å². The second kappa shape index (κ2) is 4.06. The van der Waals surface area contributed by atoms with E-state index < -0.39 is 6.04 Å². The SMILES string of the molecule is COC(=O)C(NC1CC1)c1cscn1. The number of aromatic nitrogens is 1. The Balaban J connectivity index is 2.08. The average molecular weight is 212 g/mol. The summed E-state index contributed by atoms with van der Waals surface area (Å²) >= 11 is 1.48. The van der Waals surface area contributed by atoms with Crippen molar-refractivity contribution in [2.45, 2.75) is 24.9 Å². The minimum Gasteiger partial charge on any atom is -0.468 e. The van der Waals surface area contributed by atoms with Crippen LogP contribution in [0.3, 0.4) is 0 Å². The second-order valence-electron chi connectivity index (χ2n) is 3.31. The van der Waals surface area contributed by atoms with Crippen LogP contribution in [0.25, 0.3) is 0 Å². The Bertz CT molecular complexity index is 309. The van der Waals surface area contributed by atoms with Gasteiger partial charge in [-0.3, -0.25) is 5.32 Å². The van der Waals surface area contributed by atoms with Crippen molar-refractivity contribution in [3.8, 4) is 0 Å². The lowest BCUT2D eigenvalue weighted by Crippen LogP contribution is -2.31. The summed E-state index contributed by atoms with van der Waals surface area (Å²) in [6.07, 6.45) is 2.27. The zero-order valence-corrected chi connectivity index (χ0v) is 8.71. The van der Waals surface area contributed by atoms with Gasteiger partial charge < -0.3 is 4.74 Å². The molecule has 1 aromatic rings. The lowest BCUT2D eigenvalue weighted by molar-refractivity contribution is -0.143. The molecule has 1 aliphatic carbocycles. The zero-order valence-electron chi connectivity index (χ0n) is 7.90. The van der Waals surface area contributed by atoms with Crippen LogP contribution in [0.15, 0.2) is 10.9 Å². The van der Waals surface area contributed by atoms with Gasteiger partial charge in [-0.1, -0.05) is 0 Å². The van der Waals surface area contributed by atoms with Gasteiger partial charge in [0.2, 0.25) is 0 Å². The van der Waals surface area contributed by atoms with Gasteiger partial charge in [0, 0.05) is 11.4 Å². The first-order chi connectivity index (χ1) is 6.81. The highest BCUT2D eigenvalue weighted by molar-refractivity contribution is 7.07. The van der Waals surface area contributed by atoms with Crippen LogP contribution >= 0.6 is 11.3 Å². The third kappa shape index (κ3) is 2.10. The van der Waals surface area contributed by atoms with E-state index in [0.29, 0.717) is 6.04 Å². The summed E-state index contributed by atoms with van der Waals surface area (Å²) in [5.74, 6) is -0.261. The number of methoxy groups -OCH3 is 1. The molecule has 1 atom stereocenters. The molecule has 2 rings (SSSR count). The summed E-state index contributed by atoms with van der Waals surface area (Å²) in [5.41, 5.74) is 2.48. The Labute approximate surface area is 86.3 Å². The number of ether oxygens (including phenoxy) is 1. The van der Waals surface area contributed by atoms with Gasteiger partial charge in [-0.05, 0) is 12.8 Å². The molecule has 1 N–H and O–H groups in total. The highest BCUT2D eigenvalue weighted by Crippen LogP contribution is 2.24. The molecule has 0 saturated heterocycles. The molecule has 1 fully saturated rings. The van der Waals surface area contributed by atoms with Crippen LogP contribution in [0.5, 0.6) is 0 Å². The third-order valence-electron chi connectivity index (χ3n) is 2.16. The number of hydrogen-bond acceptors (Lipinski definition) is 5. The number of carbonyl (C=O) groups excluding carboxylic acids is 1. The summed E-state index contributed by atoms with van der Waals surface area (Å²) in [7, 11) is 1.40. The number of nitrogens with one attached hydrogen (secondary N) is 1. The van der Waals surface area contributed by atoms with Crippen LogP contribution in [0.1, 0.15) is 24.6 Å². The van der Waals surface area contributed by atoms with E-state index in [9.17, 15) is 4.79 Å². The standard InChI is InChI=1S/C9H12N2O2S/c1-13-9(12)8(11-6-2-3-6)7-4-14-5-10-7/h4-6,8,11H,2-3H2,1H3. The van der Waals surface area contributed by atoms with Crippen molar-refractivity contribution >= 4 is 17.3 Å². The minimum absolute atomic E-state index is 0.261. The van der Waals surface area contributed by atoms with Gasteiger partial charge in [0.15, 0.2) is 0 Å². The van der Waals surface area contributed by atoms with E-state index in [4.69, 9.17) is 4.74 Å². The number of hydrogen-bond donors (Lipinski definition) is 1. The first-order valence-electron chi connectivity index (χ1n) is 4.53. The third-order valence-corrected chi connectivity index (χ3v) is 2.77. The van der Waals surface area contributed by atoms with E-state index in [1.807, 2.05) is 5.38 Å². The van der Waals surface area contributed by atoms with Crippen molar-refractivity contribution in [1.29, 1.82) is 0 Å². The van der Waals surface area contributed by atoms with Crippen molar-refractivity contribution in [3.63, 3.8) is 0 Å². The highest BCUT2D eigenvalue weighted by atomic mass is 32.1. The van der Waals surface area contributed by atoms with Gasteiger partial charge in [0.25, 0.3) is 0 Å². The largest absolute Gasteiger partial charge is 0.468 e. The summed E-state index contributed by atoms with van der Waals surface area (Å²) in [6, 6.07) is 0.0690. The fraction of sp³-hybridized carbons (Fsp3) is 0.556. The summed E-state index contributed by atoms with van der Waals surface area (Å²) in [5, 5.41) is 5.09. The van der Waals surface area contributed by atoms with E-state index in [1.165, 1.54) is 18.4 Å². The molecule has 0 radical (unpaired) electrons. The maximum absolute atomic E-state index is 11.5. The Morgan fingerprint density at radius 2 is 2.57 bits per heavy atom. The molecule has 0 spiro atoms. The number of esters is 1. The van der Waals surface area contributed by atoms with Crippen molar-refractivity contribution < 1.29 is 9.53 Å². The van der Waals surface area contributed by atoms with Gasteiger partial charge in [0.05, 0.1) is 18.3 Å². The molecular formula is C9H12N2O2S. The quantitative estimate of drug-likeness (QED) is 0.760. The van der Waals surface area contributed by atoms with E-state index in [1.54, 1.807) is 5.51 Å². The molecular weight excluding hydrogens is 200 g/mol. The molecule has 1 heterocycles. The molecule has 76 valence electrons. The lowest BCUT2D eigenvalue weighted by Gasteiger charge is -2.13. The predicted molar refractivity (Wildman–Crippen MR) is 53.0 cm³/mol. The molecule has 1 unspecified atom stereocenters. The summed E-state index contributed by atoms with van der Waals surface area (Å²) in [4.78, 5) is 15.6. The second-order valence-corrected chi connectivity index (χ2v) is 4.03. The predicted octanol–water partition coefficient (Wildman–Crippen LogP) is 1.11. The molecule has 0 aliphatic heterocycles. The molecule has 1 saturated carbocycles. The molecule has 1 aromatic heterocycles. The maximum atomic E-state index is 11.5. The van der Waals surface area contributed by atoms with Crippen molar-refractivity contribution in [2.75, 3.05) is 7.11 Å². The Kier molecular flexibility index (Phi) is 2.79. The van der Waals surface area contributed by atoms with Crippen LogP contribution < -0.4 is 5.32 Å². The smallest absolute Gasteiger partial charge is 0.329 e. The number of nitrogens with zero attached hydrogens (tertiary/aromatic N) is 1. The molecule has 0 bridgehead atoms. The lowest BCUT2D eigenvalue weighted by atomic mass is 10.2. The molecule has 0 aromatic carbocycles. The molecule has 4 nitrogen and oxygen atoms in total. The van der Waals surface area contributed by atoms with E-state index in [0.717, 1.165) is 18.5 Å². The zero-order chi connectivity index (χ0) is 9.97. The van der Waals surface area contributed by atoms with Crippen molar-refractivity contribution in [2.24, 2.45) is 0 Å². The average Bonchev–Trinajstić information content (AvgIpc) is 2.86. The maximum Gasteiger partial charge on any atom is 0.329 e. The number of thiazole rings is 1. The molecule has 14 heavy (non-hydrogen) atoms. The van der Waals surface area contributed by atoms with E-state index >= 15 is 0 Å². The summed E-state index contributed by atoms with van der Waals surface area (Å²) < 4.78 is 4.73. The Hall–Kier alpha value is -0.940. The van der Waals surface area contributed by atoms with Gasteiger partial charge in [-0.15, -0.1) is 11.3 Å². The fourth-order valence-electron chi connectivity index (χ4n) is 1.24. The van der Waals surface area contributed by atoms with Crippen molar-refractivity contribution in [3.05, 3.63) is 16.6 Å². The van der Waals surface area contributed by atoms with Crippen LogP contribution in [0, 0.1) is 0 Å². The normalized spacial score (nSPS) is 17.8. The molecule has 1 aliphatic rings. The Morgan fingerprint density at radius 1 is 1.79 bits per heavy atom. The van der Waals surface area contributed by atoms with Crippen LogP contribution in [-0.4, -0.2) is 24.1 Å². The van der Waals surface area contributed by atoms with Gasteiger partial charge >= 0.3 is 5.97 Å². The highest BCUT2D eigenvalue weighted by Gasteiger charge is 2.30. The number of carbonyl (C=O) groups is 1. The minimum atomic E-state index is -0.390. The van der Waals surface area contributed by atoms with Gasteiger partial charge in [-0.2, -0.15) is 0 Å².